The second-order valence-corrected chi connectivity index (χ2v) is 7.37. The monoisotopic (exact) mass is 416 g/mol. The van der Waals surface area contributed by atoms with Crippen molar-refractivity contribution in [2.45, 2.75) is 32.3 Å². The van der Waals surface area contributed by atoms with Crippen molar-refractivity contribution in [2.24, 2.45) is 0 Å². The zero-order chi connectivity index (χ0) is 21.0. The van der Waals surface area contributed by atoms with Crippen LogP contribution in [0.25, 0.3) is 5.69 Å². The summed E-state index contributed by atoms with van der Waals surface area (Å²) in [7, 11) is 0. The maximum atomic E-state index is 14.1. The van der Waals surface area contributed by atoms with E-state index in [1.54, 1.807) is 16.8 Å². The molecule has 3 aromatic rings. The number of aromatic nitrogens is 2. The van der Waals surface area contributed by atoms with Gasteiger partial charge in [0.2, 0.25) is 0 Å². The van der Waals surface area contributed by atoms with Crippen molar-refractivity contribution >= 4 is 17.4 Å². The molecule has 0 aliphatic rings. The zero-order valence-electron chi connectivity index (χ0n) is 16.0. The Morgan fingerprint density at radius 2 is 2.03 bits per heavy atom. The van der Waals surface area contributed by atoms with Crippen LogP contribution >= 0.6 is 11.6 Å². The Morgan fingerprint density at radius 3 is 2.72 bits per heavy atom. The van der Waals surface area contributed by atoms with Crippen LogP contribution < -0.4 is 0 Å². The fraction of sp³-hybridized carbons (Fsp3) is 0.273. The molecule has 0 saturated heterocycles. The molecule has 0 saturated carbocycles. The molecule has 5 nitrogen and oxygen atoms in total. The average Bonchev–Trinajstić information content (AvgIpc) is 3.06. The van der Waals surface area contributed by atoms with Crippen LogP contribution in [0.5, 0.6) is 0 Å². The average molecular weight is 417 g/mol. The topological polar surface area (TPSA) is 75.3 Å². The number of carbonyl (C=O) groups is 1. The van der Waals surface area contributed by atoms with E-state index in [2.05, 4.69) is 5.10 Å². The minimum absolute atomic E-state index is 0.0181. The first-order valence-corrected chi connectivity index (χ1v) is 9.65. The predicted molar refractivity (Wildman–Crippen MR) is 109 cm³/mol. The van der Waals surface area contributed by atoms with E-state index < -0.39 is 18.5 Å². The van der Waals surface area contributed by atoms with Gasteiger partial charge < -0.3 is 10.2 Å². The maximum absolute atomic E-state index is 14.1. The molecule has 2 aromatic carbocycles. The van der Waals surface area contributed by atoms with E-state index in [0.29, 0.717) is 17.0 Å². The van der Waals surface area contributed by atoms with Crippen molar-refractivity contribution in [3.05, 3.63) is 81.9 Å². The van der Waals surface area contributed by atoms with Crippen LogP contribution in [-0.4, -0.2) is 32.4 Å². The summed E-state index contributed by atoms with van der Waals surface area (Å²) in [6.07, 6.45) is -0.393. The number of Topliss-reactive ketones (excluding diaryl/α,β-unsaturated/α-hetero) is 1. The highest BCUT2D eigenvalue weighted by Gasteiger charge is 2.14. The van der Waals surface area contributed by atoms with Gasteiger partial charge in [0.1, 0.15) is 17.7 Å². The smallest absolute Gasteiger partial charge is 0.137 e. The molecular formula is C22H22ClFN2O3. The number of nitrogens with zero attached hydrogens (tertiary/aromatic N) is 2. The van der Waals surface area contributed by atoms with Crippen LogP contribution in [0.3, 0.4) is 0 Å². The molecule has 0 aliphatic heterocycles. The molecule has 1 unspecified atom stereocenters. The van der Waals surface area contributed by atoms with Crippen molar-refractivity contribution in [2.75, 3.05) is 6.61 Å². The summed E-state index contributed by atoms with van der Waals surface area (Å²) in [6.45, 7) is 1.33. The number of aliphatic hydroxyl groups is 2. The molecule has 0 amide bonds. The zero-order valence-corrected chi connectivity index (χ0v) is 16.7. The number of benzene rings is 2. The number of halogens is 2. The summed E-state index contributed by atoms with van der Waals surface area (Å²) >= 11 is 6.07. The van der Waals surface area contributed by atoms with Gasteiger partial charge in [0.15, 0.2) is 0 Å². The first-order chi connectivity index (χ1) is 13.9. The third kappa shape index (κ3) is 5.29. The molecule has 2 N–H and O–H groups in total. The van der Waals surface area contributed by atoms with Crippen LogP contribution in [0.15, 0.2) is 48.5 Å². The molecule has 1 atom stereocenters. The summed E-state index contributed by atoms with van der Waals surface area (Å²) in [6, 6.07) is 13.5. The Morgan fingerprint density at radius 1 is 1.24 bits per heavy atom. The van der Waals surface area contributed by atoms with Gasteiger partial charge in [-0.05, 0) is 49.2 Å². The highest BCUT2D eigenvalue weighted by atomic mass is 35.5. The third-order valence-electron chi connectivity index (χ3n) is 4.62. The molecule has 152 valence electrons. The van der Waals surface area contributed by atoms with Gasteiger partial charge in [-0.2, -0.15) is 5.10 Å². The van der Waals surface area contributed by atoms with Gasteiger partial charge in [0, 0.05) is 29.1 Å². The lowest BCUT2D eigenvalue weighted by Crippen LogP contribution is -2.09. The maximum Gasteiger partial charge on any atom is 0.137 e. The van der Waals surface area contributed by atoms with Gasteiger partial charge in [-0.3, -0.25) is 4.79 Å². The molecule has 0 bridgehead atoms. The Hall–Kier alpha value is -2.54. The SMILES string of the molecule is Cc1cc(CCC(=O)Cc2ccc(C(O)CO)c(F)c2)n(-c2cccc(Cl)c2)n1. The highest BCUT2D eigenvalue weighted by molar-refractivity contribution is 6.30. The number of rotatable bonds is 8. The van der Waals surface area contributed by atoms with Gasteiger partial charge in [-0.25, -0.2) is 9.07 Å². The standard InChI is InChI=1S/C22H22ClFN2O3/c1-14-9-18(26(25-14)17-4-2-3-16(23)12-17)6-7-19(28)10-15-5-8-20(21(24)11-15)22(29)13-27/h2-5,8-9,11-12,22,27,29H,6-7,10,13H2,1H3. The van der Waals surface area contributed by atoms with Crippen molar-refractivity contribution in [1.82, 2.24) is 9.78 Å². The van der Waals surface area contributed by atoms with Crippen LogP contribution in [0.4, 0.5) is 4.39 Å². The lowest BCUT2D eigenvalue weighted by molar-refractivity contribution is -0.118. The van der Waals surface area contributed by atoms with Crippen molar-refractivity contribution in [3.63, 3.8) is 0 Å². The number of carbonyl (C=O) groups excluding carboxylic acids is 1. The summed E-state index contributed by atoms with van der Waals surface area (Å²) in [5.41, 5.74) is 3.11. The Labute approximate surface area is 173 Å². The number of hydrogen-bond acceptors (Lipinski definition) is 4. The van der Waals surface area contributed by atoms with Crippen LogP contribution in [-0.2, 0) is 17.6 Å². The Balaban J connectivity index is 1.67. The highest BCUT2D eigenvalue weighted by Crippen LogP contribution is 2.20. The van der Waals surface area contributed by atoms with E-state index in [1.807, 2.05) is 31.2 Å². The van der Waals surface area contributed by atoms with E-state index in [4.69, 9.17) is 16.7 Å². The Kier molecular flexibility index (Phi) is 6.79. The quantitative estimate of drug-likeness (QED) is 0.586. The second-order valence-electron chi connectivity index (χ2n) is 6.94. The van der Waals surface area contributed by atoms with E-state index >= 15 is 0 Å². The Bertz CT molecular complexity index is 1020. The molecule has 0 radical (unpaired) electrons. The van der Waals surface area contributed by atoms with Crippen molar-refractivity contribution in [3.8, 4) is 5.69 Å². The predicted octanol–water partition coefficient (Wildman–Crippen LogP) is 3.74. The molecule has 1 aromatic heterocycles. The van der Waals surface area contributed by atoms with Crippen LogP contribution in [0, 0.1) is 12.7 Å². The van der Waals surface area contributed by atoms with Gasteiger partial charge >= 0.3 is 0 Å². The largest absolute Gasteiger partial charge is 0.393 e. The van der Waals surface area contributed by atoms with E-state index in [-0.39, 0.29) is 24.2 Å². The summed E-state index contributed by atoms with van der Waals surface area (Å²) < 4.78 is 15.8. The molecule has 0 fully saturated rings. The minimum atomic E-state index is -1.27. The number of hydrogen-bond donors (Lipinski definition) is 2. The fourth-order valence-corrected chi connectivity index (χ4v) is 3.38. The normalized spacial score (nSPS) is 12.2. The minimum Gasteiger partial charge on any atom is -0.393 e. The summed E-state index contributed by atoms with van der Waals surface area (Å²) in [4.78, 5) is 12.4. The molecule has 3 rings (SSSR count). The van der Waals surface area contributed by atoms with Gasteiger partial charge in [-0.15, -0.1) is 0 Å². The molecule has 0 spiro atoms. The lowest BCUT2D eigenvalue weighted by atomic mass is 10.0. The van der Waals surface area contributed by atoms with Crippen molar-refractivity contribution < 1.29 is 19.4 Å². The van der Waals surface area contributed by atoms with E-state index in [9.17, 15) is 14.3 Å². The molecule has 7 heteroatoms. The van der Waals surface area contributed by atoms with Gasteiger partial charge in [0.05, 0.1) is 18.0 Å². The summed E-state index contributed by atoms with van der Waals surface area (Å²) in [5, 5.41) is 23.6. The lowest BCUT2D eigenvalue weighted by Gasteiger charge is -2.10. The molecular weight excluding hydrogens is 395 g/mol. The van der Waals surface area contributed by atoms with Gasteiger partial charge in [-0.1, -0.05) is 29.8 Å². The van der Waals surface area contributed by atoms with Crippen LogP contribution in [0.2, 0.25) is 5.02 Å². The third-order valence-corrected chi connectivity index (χ3v) is 4.85. The first-order valence-electron chi connectivity index (χ1n) is 9.28. The summed E-state index contributed by atoms with van der Waals surface area (Å²) in [5.74, 6) is -0.664. The number of aliphatic hydroxyl groups excluding tert-OH is 2. The number of ketones is 1. The number of aryl methyl sites for hydroxylation is 2. The second kappa shape index (κ2) is 9.31. The molecule has 1 heterocycles. The first kappa shape index (κ1) is 21.2. The fourth-order valence-electron chi connectivity index (χ4n) is 3.20. The van der Waals surface area contributed by atoms with Crippen LogP contribution in [0.1, 0.15) is 35.0 Å². The van der Waals surface area contributed by atoms with Crippen molar-refractivity contribution in [1.29, 1.82) is 0 Å². The molecule has 29 heavy (non-hydrogen) atoms. The molecule has 0 aliphatic carbocycles. The van der Waals surface area contributed by atoms with E-state index in [1.165, 1.54) is 12.1 Å². The van der Waals surface area contributed by atoms with Gasteiger partial charge in [0.25, 0.3) is 0 Å². The van der Waals surface area contributed by atoms with E-state index in [0.717, 1.165) is 17.1 Å².